The first-order valence-corrected chi connectivity index (χ1v) is 9.33. The number of nitrogens with one attached hydrogen (secondary N) is 2. The number of carbonyl (C=O) groups is 3. The maximum Gasteiger partial charge on any atom is 0.329 e. The van der Waals surface area contributed by atoms with Crippen LogP contribution >= 0.6 is 11.6 Å². The number of benzene rings is 2. The van der Waals surface area contributed by atoms with Crippen molar-refractivity contribution in [3.05, 3.63) is 69.2 Å². The zero-order chi connectivity index (χ0) is 22.3. The summed E-state index contributed by atoms with van der Waals surface area (Å²) in [6.07, 6.45) is 0. The third-order valence-electron chi connectivity index (χ3n) is 4.02. The zero-order valence-corrected chi connectivity index (χ0v) is 17.0. The smallest absolute Gasteiger partial charge is 0.329 e. The molecule has 2 rings (SSSR count). The zero-order valence-electron chi connectivity index (χ0n) is 16.3. The molecule has 0 bridgehead atoms. The van der Waals surface area contributed by atoms with Crippen molar-refractivity contribution in [1.82, 2.24) is 5.32 Å². The molecular formula is C20H20ClN3O6. The SMILES string of the molecule is CC(C)[C@H](NC(=O)c1ccccc1)C(=O)OCC(=O)Nc1cc([N+](=O)[O-])ccc1Cl. The van der Waals surface area contributed by atoms with Crippen molar-refractivity contribution in [1.29, 1.82) is 0 Å². The Balaban J connectivity index is 1.97. The van der Waals surface area contributed by atoms with Crippen molar-refractivity contribution in [3.8, 4) is 0 Å². The highest BCUT2D eigenvalue weighted by Crippen LogP contribution is 2.26. The molecule has 0 radical (unpaired) electrons. The minimum atomic E-state index is -0.966. The lowest BCUT2D eigenvalue weighted by atomic mass is 10.0. The molecule has 2 N–H and O–H groups in total. The van der Waals surface area contributed by atoms with E-state index in [2.05, 4.69) is 10.6 Å². The van der Waals surface area contributed by atoms with E-state index in [1.807, 2.05) is 0 Å². The molecule has 2 aromatic carbocycles. The van der Waals surface area contributed by atoms with E-state index in [0.717, 1.165) is 6.07 Å². The maximum absolute atomic E-state index is 12.4. The van der Waals surface area contributed by atoms with Crippen molar-refractivity contribution in [2.75, 3.05) is 11.9 Å². The third kappa shape index (κ3) is 6.28. The first-order valence-electron chi connectivity index (χ1n) is 8.95. The van der Waals surface area contributed by atoms with Gasteiger partial charge in [0.25, 0.3) is 17.5 Å². The highest BCUT2D eigenvalue weighted by molar-refractivity contribution is 6.33. The molecule has 0 aromatic heterocycles. The summed E-state index contributed by atoms with van der Waals surface area (Å²) < 4.78 is 5.01. The topological polar surface area (TPSA) is 128 Å². The van der Waals surface area contributed by atoms with Gasteiger partial charge in [-0.2, -0.15) is 0 Å². The van der Waals surface area contributed by atoms with E-state index < -0.39 is 35.4 Å². The first kappa shape index (κ1) is 22.8. The number of halogens is 1. The number of nitro benzene ring substituents is 1. The molecule has 30 heavy (non-hydrogen) atoms. The van der Waals surface area contributed by atoms with E-state index in [1.54, 1.807) is 44.2 Å². The van der Waals surface area contributed by atoms with E-state index >= 15 is 0 Å². The fourth-order valence-electron chi connectivity index (χ4n) is 2.45. The molecule has 9 nitrogen and oxygen atoms in total. The largest absolute Gasteiger partial charge is 0.454 e. The summed E-state index contributed by atoms with van der Waals surface area (Å²) >= 11 is 5.92. The van der Waals surface area contributed by atoms with Crippen molar-refractivity contribution in [3.63, 3.8) is 0 Å². The van der Waals surface area contributed by atoms with Gasteiger partial charge in [-0.25, -0.2) is 4.79 Å². The van der Waals surface area contributed by atoms with Crippen molar-refractivity contribution >= 4 is 40.8 Å². The van der Waals surface area contributed by atoms with Gasteiger partial charge >= 0.3 is 5.97 Å². The molecule has 0 fully saturated rings. The van der Waals surface area contributed by atoms with Crippen LogP contribution in [-0.4, -0.2) is 35.4 Å². The molecule has 2 amide bonds. The Morgan fingerprint density at radius 3 is 2.40 bits per heavy atom. The van der Waals surface area contributed by atoms with E-state index in [1.165, 1.54) is 12.1 Å². The Morgan fingerprint density at radius 1 is 1.13 bits per heavy atom. The molecule has 158 valence electrons. The minimum absolute atomic E-state index is 0.0182. The van der Waals surface area contributed by atoms with Crippen LogP contribution < -0.4 is 10.6 Å². The van der Waals surface area contributed by atoms with Gasteiger partial charge in [-0.05, 0) is 24.1 Å². The van der Waals surface area contributed by atoms with Crippen LogP contribution in [0.15, 0.2) is 48.5 Å². The number of hydrogen-bond donors (Lipinski definition) is 2. The highest BCUT2D eigenvalue weighted by Gasteiger charge is 2.27. The second-order valence-electron chi connectivity index (χ2n) is 6.64. The van der Waals surface area contributed by atoms with Crippen molar-refractivity contribution < 1.29 is 24.0 Å². The van der Waals surface area contributed by atoms with Gasteiger partial charge < -0.3 is 15.4 Å². The number of rotatable bonds is 8. The number of hydrogen-bond acceptors (Lipinski definition) is 6. The second kappa shape index (κ2) is 10.4. The van der Waals surface area contributed by atoms with Crippen molar-refractivity contribution in [2.45, 2.75) is 19.9 Å². The quantitative estimate of drug-likeness (QED) is 0.374. The Kier molecular flexibility index (Phi) is 7.88. The Morgan fingerprint density at radius 2 is 1.80 bits per heavy atom. The lowest BCUT2D eigenvalue weighted by molar-refractivity contribution is -0.384. The standard InChI is InChI=1S/C20H20ClN3O6/c1-12(2)18(23-19(26)13-6-4-3-5-7-13)20(27)30-11-17(25)22-16-10-14(24(28)29)8-9-15(16)21/h3-10,12,18H,11H2,1-2H3,(H,22,25)(H,23,26)/t18-/m0/s1. The summed E-state index contributed by atoms with van der Waals surface area (Å²) in [4.78, 5) is 47.0. The molecule has 2 aromatic rings. The number of carbonyl (C=O) groups excluding carboxylic acids is 3. The number of anilines is 1. The number of nitro groups is 1. The number of esters is 1. The molecule has 1 atom stereocenters. The van der Waals surface area contributed by atoms with Gasteiger partial charge in [-0.3, -0.25) is 19.7 Å². The van der Waals surface area contributed by atoms with Crippen LogP contribution in [0.4, 0.5) is 11.4 Å². The maximum atomic E-state index is 12.4. The highest BCUT2D eigenvalue weighted by atomic mass is 35.5. The van der Waals surface area contributed by atoms with E-state index in [0.29, 0.717) is 5.56 Å². The summed E-state index contributed by atoms with van der Waals surface area (Å²) in [6, 6.07) is 11.0. The van der Waals surface area contributed by atoms with Gasteiger partial charge in [0.2, 0.25) is 0 Å². The molecule has 0 unspecified atom stereocenters. The Hall–Kier alpha value is -3.46. The van der Waals surface area contributed by atoms with Gasteiger partial charge in [-0.1, -0.05) is 43.6 Å². The molecule has 10 heteroatoms. The summed E-state index contributed by atoms with van der Waals surface area (Å²) in [5.74, 6) is -2.25. The van der Waals surface area contributed by atoms with Crippen LogP contribution in [0, 0.1) is 16.0 Å². The van der Waals surface area contributed by atoms with Gasteiger partial charge in [0.1, 0.15) is 6.04 Å². The number of amides is 2. The van der Waals surface area contributed by atoms with Crippen LogP contribution in [0.25, 0.3) is 0 Å². The molecule has 0 saturated heterocycles. The van der Waals surface area contributed by atoms with E-state index in [4.69, 9.17) is 16.3 Å². The van der Waals surface area contributed by atoms with Crippen LogP contribution in [0.5, 0.6) is 0 Å². The molecule has 0 heterocycles. The number of ether oxygens (including phenoxy) is 1. The summed E-state index contributed by atoms with van der Waals surface area (Å²) in [5.41, 5.74) is 0.147. The normalized spacial score (nSPS) is 11.5. The molecule has 0 aliphatic rings. The van der Waals surface area contributed by atoms with Gasteiger partial charge in [-0.15, -0.1) is 0 Å². The molecule has 0 aliphatic carbocycles. The number of nitrogens with zero attached hydrogens (tertiary/aromatic N) is 1. The van der Waals surface area contributed by atoms with Crippen LogP contribution in [0.1, 0.15) is 24.2 Å². The van der Waals surface area contributed by atoms with E-state index in [-0.39, 0.29) is 22.3 Å². The molecular weight excluding hydrogens is 414 g/mol. The lowest BCUT2D eigenvalue weighted by Crippen LogP contribution is -2.45. The monoisotopic (exact) mass is 433 g/mol. The Bertz CT molecular complexity index is 949. The van der Waals surface area contributed by atoms with Gasteiger partial charge in [0.05, 0.1) is 15.6 Å². The van der Waals surface area contributed by atoms with Crippen LogP contribution in [-0.2, 0) is 14.3 Å². The average Bonchev–Trinajstić information content (AvgIpc) is 2.71. The predicted molar refractivity (Wildman–Crippen MR) is 110 cm³/mol. The average molecular weight is 434 g/mol. The second-order valence-corrected chi connectivity index (χ2v) is 7.05. The van der Waals surface area contributed by atoms with Gasteiger partial charge in [0.15, 0.2) is 6.61 Å². The number of non-ortho nitro benzene ring substituents is 1. The first-order chi connectivity index (χ1) is 14.2. The molecule has 0 saturated carbocycles. The summed E-state index contributed by atoms with van der Waals surface area (Å²) in [7, 11) is 0. The fourth-order valence-corrected chi connectivity index (χ4v) is 2.61. The lowest BCUT2D eigenvalue weighted by Gasteiger charge is -2.20. The molecule has 0 spiro atoms. The van der Waals surface area contributed by atoms with Crippen LogP contribution in [0.3, 0.4) is 0 Å². The summed E-state index contributed by atoms with van der Waals surface area (Å²) in [6.45, 7) is 2.79. The van der Waals surface area contributed by atoms with Crippen LogP contribution in [0.2, 0.25) is 5.02 Å². The predicted octanol–water partition coefficient (Wildman–Crippen LogP) is 3.18. The summed E-state index contributed by atoms with van der Waals surface area (Å²) in [5, 5.41) is 15.9. The van der Waals surface area contributed by atoms with Gasteiger partial charge in [0, 0.05) is 17.7 Å². The molecule has 0 aliphatic heterocycles. The minimum Gasteiger partial charge on any atom is -0.454 e. The van der Waals surface area contributed by atoms with E-state index in [9.17, 15) is 24.5 Å². The fraction of sp³-hybridized carbons (Fsp3) is 0.250. The Labute approximate surface area is 177 Å². The third-order valence-corrected chi connectivity index (χ3v) is 4.35. The van der Waals surface area contributed by atoms with Crippen molar-refractivity contribution in [2.24, 2.45) is 5.92 Å².